The predicted molar refractivity (Wildman–Crippen MR) is 118 cm³/mol. The molecule has 9 heteroatoms. The molecule has 31 heavy (non-hydrogen) atoms. The van der Waals surface area contributed by atoms with E-state index in [0.29, 0.717) is 24.9 Å². The Kier molecular flexibility index (Phi) is 7.06. The fourth-order valence-electron chi connectivity index (χ4n) is 3.53. The van der Waals surface area contributed by atoms with Crippen molar-refractivity contribution in [3.05, 3.63) is 59.8 Å². The van der Waals surface area contributed by atoms with Gasteiger partial charge in [-0.25, -0.2) is 0 Å². The van der Waals surface area contributed by atoms with Gasteiger partial charge in [0.25, 0.3) is 0 Å². The average Bonchev–Trinajstić information content (AvgIpc) is 3.43. The zero-order chi connectivity index (χ0) is 21.6. The fourth-order valence-corrected chi connectivity index (χ4v) is 4.29. The second-order valence-corrected chi connectivity index (χ2v) is 8.47. The lowest BCUT2D eigenvalue weighted by molar-refractivity contribution is -0.118. The molecule has 0 aliphatic carbocycles. The molecule has 1 atom stereocenters. The molecule has 8 nitrogen and oxygen atoms in total. The van der Waals surface area contributed by atoms with Crippen LogP contribution in [0.5, 0.6) is 0 Å². The van der Waals surface area contributed by atoms with Crippen LogP contribution in [0.1, 0.15) is 23.1 Å². The van der Waals surface area contributed by atoms with Gasteiger partial charge in [0.1, 0.15) is 17.8 Å². The quantitative estimate of drug-likeness (QED) is 0.538. The minimum absolute atomic E-state index is 0.0113. The van der Waals surface area contributed by atoms with Gasteiger partial charge in [0.15, 0.2) is 5.16 Å². The third kappa shape index (κ3) is 5.55. The lowest BCUT2D eigenvalue weighted by Crippen LogP contribution is -2.44. The van der Waals surface area contributed by atoms with E-state index in [1.165, 1.54) is 17.3 Å². The van der Waals surface area contributed by atoms with Gasteiger partial charge in [0.2, 0.25) is 5.91 Å². The molecule has 1 amide bonds. The van der Waals surface area contributed by atoms with Crippen molar-refractivity contribution in [3.63, 3.8) is 0 Å². The molecule has 0 radical (unpaired) electrons. The third-order valence-corrected chi connectivity index (χ3v) is 6.17. The van der Waals surface area contributed by atoms with Gasteiger partial charge in [-0.15, -0.1) is 10.2 Å². The lowest BCUT2D eigenvalue weighted by Gasteiger charge is -2.33. The summed E-state index contributed by atoms with van der Waals surface area (Å²) in [7, 11) is 0. The van der Waals surface area contributed by atoms with Crippen molar-refractivity contribution in [2.45, 2.75) is 25.0 Å². The van der Waals surface area contributed by atoms with Crippen molar-refractivity contribution in [1.29, 1.82) is 0 Å². The van der Waals surface area contributed by atoms with E-state index in [1.807, 2.05) is 54.8 Å². The summed E-state index contributed by atoms with van der Waals surface area (Å²) in [5, 5.41) is 11.9. The van der Waals surface area contributed by atoms with Crippen LogP contribution in [-0.2, 0) is 9.53 Å². The van der Waals surface area contributed by atoms with Crippen molar-refractivity contribution in [2.75, 3.05) is 38.6 Å². The van der Waals surface area contributed by atoms with Gasteiger partial charge in [-0.1, -0.05) is 29.5 Å². The number of aromatic nitrogens is 3. The summed E-state index contributed by atoms with van der Waals surface area (Å²) in [6, 6.07) is 12.0. The van der Waals surface area contributed by atoms with E-state index in [-0.39, 0.29) is 17.7 Å². The Bertz CT molecular complexity index is 995. The summed E-state index contributed by atoms with van der Waals surface area (Å²) in [4.78, 5) is 14.9. The number of carbonyl (C=O) groups is 1. The number of nitrogens with one attached hydrogen (secondary N) is 1. The minimum atomic E-state index is -0.0509. The number of nitrogens with zero attached hydrogens (tertiary/aromatic N) is 4. The first-order valence-corrected chi connectivity index (χ1v) is 11.3. The summed E-state index contributed by atoms with van der Waals surface area (Å²) in [6.45, 7) is 7.47. The number of furan rings is 1. The number of aryl methyl sites for hydroxylation is 2. The number of amides is 1. The molecule has 0 saturated carbocycles. The SMILES string of the molecule is Cc1ccc(-n2cnnc2SCC(=O)NCC(c2ccc(C)o2)N2CCOCC2)cc1. The highest BCUT2D eigenvalue weighted by atomic mass is 32.2. The molecule has 3 heterocycles. The molecular weight excluding hydrogens is 414 g/mol. The normalized spacial score (nSPS) is 15.7. The Labute approximate surface area is 186 Å². The van der Waals surface area contributed by atoms with E-state index in [4.69, 9.17) is 9.15 Å². The second kappa shape index (κ2) is 10.1. The summed E-state index contributed by atoms with van der Waals surface area (Å²) < 4.78 is 13.2. The molecule has 3 aromatic rings. The Morgan fingerprint density at radius 1 is 1.16 bits per heavy atom. The van der Waals surface area contributed by atoms with Crippen LogP contribution in [0.4, 0.5) is 0 Å². The zero-order valence-corrected chi connectivity index (χ0v) is 18.6. The molecule has 1 fully saturated rings. The van der Waals surface area contributed by atoms with Crippen LogP contribution in [0.15, 0.2) is 52.3 Å². The summed E-state index contributed by atoms with van der Waals surface area (Å²) in [5.41, 5.74) is 2.16. The number of morpholine rings is 1. The molecule has 1 saturated heterocycles. The van der Waals surface area contributed by atoms with Crippen LogP contribution in [0, 0.1) is 13.8 Å². The van der Waals surface area contributed by atoms with Gasteiger partial charge >= 0.3 is 0 Å². The van der Waals surface area contributed by atoms with Crippen molar-refractivity contribution >= 4 is 17.7 Å². The molecule has 0 spiro atoms. The van der Waals surface area contributed by atoms with Gasteiger partial charge in [0, 0.05) is 25.3 Å². The highest BCUT2D eigenvalue weighted by Crippen LogP contribution is 2.24. The fraction of sp³-hybridized carbons (Fsp3) is 0.409. The highest BCUT2D eigenvalue weighted by Gasteiger charge is 2.25. The maximum absolute atomic E-state index is 12.6. The molecule has 2 aromatic heterocycles. The highest BCUT2D eigenvalue weighted by molar-refractivity contribution is 7.99. The van der Waals surface area contributed by atoms with Crippen LogP contribution in [0.2, 0.25) is 0 Å². The van der Waals surface area contributed by atoms with Gasteiger partial charge in [0.05, 0.1) is 25.0 Å². The summed E-state index contributed by atoms with van der Waals surface area (Å²) in [6.07, 6.45) is 1.67. The first-order chi connectivity index (χ1) is 15.1. The lowest BCUT2D eigenvalue weighted by atomic mass is 10.1. The van der Waals surface area contributed by atoms with E-state index in [9.17, 15) is 4.79 Å². The summed E-state index contributed by atoms with van der Waals surface area (Å²) in [5.74, 6) is 1.94. The molecule has 1 aliphatic heterocycles. The number of hydrogen-bond acceptors (Lipinski definition) is 7. The number of benzene rings is 1. The smallest absolute Gasteiger partial charge is 0.230 e. The van der Waals surface area contributed by atoms with Crippen molar-refractivity contribution in [3.8, 4) is 5.69 Å². The molecule has 1 unspecified atom stereocenters. The molecule has 1 aliphatic rings. The van der Waals surface area contributed by atoms with Gasteiger partial charge in [-0.05, 0) is 38.1 Å². The monoisotopic (exact) mass is 441 g/mol. The largest absolute Gasteiger partial charge is 0.465 e. The van der Waals surface area contributed by atoms with E-state index in [1.54, 1.807) is 6.33 Å². The number of thioether (sulfide) groups is 1. The number of ether oxygens (including phenoxy) is 1. The standard InChI is InChI=1S/C22H27N5O3S/c1-16-3-6-18(7-4-16)27-15-24-25-22(27)31-14-21(28)23-13-19(20-8-5-17(2)30-20)26-9-11-29-12-10-26/h3-8,15,19H,9-14H2,1-2H3,(H,23,28). The molecular formula is C22H27N5O3S. The minimum Gasteiger partial charge on any atom is -0.465 e. The van der Waals surface area contributed by atoms with Crippen LogP contribution in [0.25, 0.3) is 5.69 Å². The molecule has 4 rings (SSSR count). The number of carbonyl (C=O) groups excluding carboxylic acids is 1. The van der Waals surface area contributed by atoms with E-state index >= 15 is 0 Å². The van der Waals surface area contributed by atoms with Crippen molar-refractivity contribution in [2.24, 2.45) is 0 Å². The van der Waals surface area contributed by atoms with E-state index in [2.05, 4.69) is 20.4 Å². The molecule has 1 aromatic carbocycles. The number of rotatable bonds is 8. The first kappa shape index (κ1) is 21.6. The van der Waals surface area contributed by atoms with Gasteiger partial charge < -0.3 is 14.5 Å². The molecule has 164 valence electrons. The second-order valence-electron chi connectivity index (χ2n) is 7.52. The third-order valence-electron chi connectivity index (χ3n) is 5.23. The summed E-state index contributed by atoms with van der Waals surface area (Å²) >= 11 is 1.37. The Balaban J connectivity index is 1.35. The van der Waals surface area contributed by atoms with Crippen molar-refractivity contribution in [1.82, 2.24) is 25.0 Å². The Hall–Kier alpha value is -2.62. The number of hydrogen-bond donors (Lipinski definition) is 1. The van der Waals surface area contributed by atoms with Crippen LogP contribution >= 0.6 is 11.8 Å². The zero-order valence-electron chi connectivity index (χ0n) is 17.8. The average molecular weight is 442 g/mol. The predicted octanol–water partition coefficient (Wildman–Crippen LogP) is 2.76. The maximum Gasteiger partial charge on any atom is 0.230 e. The Morgan fingerprint density at radius 3 is 2.65 bits per heavy atom. The first-order valence-electron chi connectivity index (χ1n) is 10.3. The van der Waals surface area contributed by atoms with E-state index < -0.39 is 0 Å². The molecule has 1 N–H and O–H groups in total. The Morgan fingerprint density at radius 2 is 1.94 bits per heavy atom. The van der Waals surface area contributed by atoms with Crippen LogP contribution < -0.4 is 5.32 Å². The van der Waals surface area contributed by atoms with Gasteiger partial charge in [-0.3, -0.25) is 14.3 Å². The van der Waals surface area contributed by atoms with Crippen molar-refractivity contribution < 1.29 is 13.9 Å². The maximum atomic E-state index is 12.6. The van der Waals surface area contributed by atoms with Crippen LogP contribution in [0.3, 0.4) is 0 Å². The van der Waals surface area contributed by atoms with E-state index in [0.717, 1.165) is 30.3 Å². The topological polar surface area (TPSA) is 85.4 Å². The van der Waals surface area contributed by atoms with Crippen LogP contribution in [-0.4, -0.2) is 64.2 Å². The molecule has 0 bridgehead atoms. The van der Waals surface area contributed by atoms with Gasteiger partial charge in [-0.2, -0.15) is 0 Å².